The minimum absolute atomic E-state index is 0. The van der Waals surface area contributed by atoms with Crippen LogP contribution in [0.2, 0.25) is 5.02 Å². The van der Waals surface area contributed by atoms with Gasteiger partial charge in [-0.2, -0.15) is 0 Å². The first-order valence-electron chi connectivity index (χ1n) is 9.22. The van der Waals surface area contributed by atoms with Crippen LogP contribution in [0, 0.1) is 5.92 Å². The molecule has 0 aromatic heterocycles. The van der Waals surface area contributed by atoms with E-state index in [2.05, 4.69) is 20.3 Å². The number of ether oxygens (including phenoxy) is 1. The number of benzene rings is 1. The number of nitrogens with zero attached hydrogens (tertiary/aromatic N) is 1. The molecule has 28 heavy (non-hydrogen) atoms. The molecule has 2 rings (SSSR count). The Bertz CT molecular complexity index is 712. The average Bonchev–Trinajstić information content (AvgIpc) is 2.58. The van der Waals surface area contributed by atoms with Crippen LogP contribution in [-0.2, 0) is 10.0 Å². The van der Waals surface area contributed by atoms with Crippen LogP contribution in [0.1, 0.15) is 26.2 Å². The summed E-state index contributed by atoms with van der Waals surface area (Å²) in [6.45, 7) is 3.29. The molecule has 1 aromatic carbocycles. The highest BCUT2D eigenvalue weighted by atomic mass is 127. The van der Waals surface area contributed by atoms with Gasteiger partial charge in [-0.25, -0.2) is 13.1 Å². The van der Waals surface area contributed by atoms with Gasteiger partial charge in [0.25, 0.3) is 0 Å². The second kappa shape index (κ2) is 12.7. The molecule has 1 unspecified atom stereocenters. The Morgan fingerprint density at radius 3 is 2.54 bits per heavy atom. The number of hydrogen-bond acceptors (Lipinski definition) is 4. The molecule has 0 saturated heterocycles. The van der Waals surface area contributed by atoms with Crippen LogP contribution in [0.4, 0.5) is 0 Å². The Morgan fingerprint density at radius 1 is 1.29 bits per heavy atom. The number of aliphatic imine (C=N–C) groups is 1. The molecule has 0 spiro atoms. The van der Waals surface area contributed by atoms with E-state index >= 15 is 0 Å². The van der Waals surface area contributed by atoms with Crippen molar-refractivity contribution in [2.24, 2.45) is 10.9 Å². The lowest BCUT2D eigenvalue weighted by Crippen LogP contribution is -2.44. The molecule has 1 aliphatic carbocycles. The Balaban J connectivity index is 0.00000392. The molecule has 160 valence electrons. The number of halogens is 2. The molecule has 0 radical (unpaired) electrons. The first kappa shape index (κ1) is 25.3. The van der Waals surface area contributed by atoms with E-state index in [4.69, 9.17) is 16.3 Å². The minimum Gasteiger partial charge on any atom is -0.489 e. The van der Waals surface area contributed by atoms with E-state index in [-0.39, 0.29) is 42.4 Å². The van der Waals surface area contributed by atoms with Crippen molar-refractivity contribution in [2.75, 3.05) is 32.4 Å². The van der Waals surface area contributed by atoms with Crippen LogP contribution in [0.25, 0.3) is 0 Å². The Kier molecular flexibility index (Phi) is 11.5. The van der Waals surface area contributed by atoms with Crippen molar-refractivity contribution >= 4 is 51.6 Å². The van der Waals surface area contributed by atoms with E-state index in [1.807, 2.05) is 19.1 Å². The third-order valence-electron chi connectivity index (χ3n) is 4.41. The van der Waals surface area contributed by atoms with Crippen LogP contribution < -0.4 is 20.1 Å². The van der Waals surface area contributed by atoms with E-state index in [0.29, 0.717) is 30.0 Å². The van der Waals surface area contributed by atoms with Gasteiger partial charge in [0.2, 0.25) is 10.0 Å². The second-order valence-corrected chi connectivity index (χ2v) is 9.09. The van der Waals surface area contributed by atoms with Crippen molar-refractivity contribution in [1.82, 2.24) is 15.4 Å². The highest BCUT2D eigenvalue weighted by molar-refractivity contribution is 14.0. The van der Waals surface area contributed by atoms with Gasteiger partial charge in [0.1, 0.15) is 11.9 Å². The number of hydrogen-bond donors (Lipinski definition) is 3. The summed E-state index contributed by atoms with van der Waals surface area (Å²) in [5.41, 5.74) is 0. The first-order valence-corrected chi connectivity index (χ1v) is 11.2. The SMILES string of the molecule is CN=C(NCCS(=O)(=O)NCC1CCC1)NCC(C)Oc1ccc(Cl)cc1.I. The van der Waals surface area contributed by atoms with Crippen molar-refractivity contribution in [3.63, 3.8) is 0 Å². The summed E-state index contributed by atoms with van der Waals surface area (Å²) >= 11 is 5.86. The van der Waals surface area contributed by atoms with Crippen LogP contribution >= 0.6 is 35.6 Å². The predicted octanol–water partition coefficient (Wildman–Crippen LogP) is 2.61. The molecule has 1 aromatic rings. The summed E-state index contributed by atoms with van der Waals surface area (Å²) in [7, 11) is -1.62. The summed E-state index contributed by atoms with van der Waals surface area (Å²) < 4.78 is 32.5. The van der Waals surface area contributed by atoms with Crippen LogP contribution in [0.3, 0.4) is 0 Å². The Morgan fingerprint density at radius 2 is 1.96 bits per heavy atom. The lowest BCUT2D eigenvalue weighted by Gasteiger charge is -2.25. The van der Waals surface area contributed by atoms with E-state index < -0.39 is 10.0 Å². The molecule has 1 saturated carbocycles. The fraction of sp³-hybridized carbons (Fsp3) is 0.611. The molecule has 7 nitrogen and oxygen atoms in total. The predicted molar refractivity (Wildman–Crippen MR) is 125 cm³/mol. The second-order valence-electron chi connectivity index (χ2n) is 6.73. The molecule has 1 atom stereocenters. The Labute approximate surface area is 190 Å². The van der Waals surface area contributed by atoms with Gasteiger partial charge in [0, 0.05) is 25.2 Å². The largest absolute Gasteiger partial charge is 0.489 e. The molecular weight excluding hydrogens is 515 g/mol. The maximum Gasteiger partial charge on any atom is 0.213 e. The van der Waals surface area contributed by atoms with Crippen molar-refractivity contribution in [3.05, 3.63) is 29.3 Å². The molecule has 0 bridgehead atoms. The van der Waals surface area contributed by atoms with Gasteiger partial charge in [-0.15, -0.1) is 24.0 Å². The fourth-order valence-electron chi connectivity index (χ4n) is 2.57. The van der Waals surface area contributed by atoms with E-state index in [1.165, 1.54) is 6.42 Å². The lowest BCUT2D eigenvalue weighted by atomic mass is 9.86. The molecule has 3 N–H and O–H groups in total. The molecule has 0 amide bonds. The molecular formula is C18H30ClIN4O3S. The lowest BCUT2D eigenvalue weighted by molar-refractivity contribution is 0.224. The number of sulfonamides is 1. The maximum atomic E-state index is 12.0. The number of nitrogens with one attached hydrogen (secondary N) is 3. The standard InChI is InChI=1S/C18H29ClN4O3S.HI/c1-14(26-17-8-6-16(19)7-9-17)12-22-18(20-2)21-10-11-27(24,25)23-13-15-4-3-5-15;/h6-9,14-15,23H,3-5,10-13H2,1-2H3,(H2,20,21,22);1H. The van der Waals surface area contributed by atoms with Gasteiger partial charge < -0.3 is 15.4 Å². The fourth-order valence-corrected chi connectivity index (χ4v) is 3.70. The number of guanidine groups is 1. The van der Waals surface area contributed by atoms with Gasteiger partial charge in [0.15, 0.2) is 5.96 Å². The van der Waals surface area contributed by atoms with Crippen molar-refractivity contribution in [2.45, 2.75) is 32.3 Å². The smallest absolute Gasteiger partial charge is 0.213 e. The van der Waals surface area contributed by atoms with Crippen LogP contribution in [0.15, 0.2) is 29.3 Å². The summed E-state index contributed by atoms with van der Waals surface area (Å²) in [6, 6.07) is 7.18. The van der Waals surface area contributed by atoms with E-state index in [9.17, 15) is 8.42 Å². The Hall–Kier alpha value is -0.780. The van der Waals surface area contributed by atoms with Crippen LogP contribution in [-0.4, -0.2) is 52.9 Å². The highest BCUT2D eigenvalue weighted by Crippen LogP contribution is 2.25. The normalized spacial score (nSPS) is 15.9. The molecule has 1 aliphatic rings. The van der Waals surface area contributed by atoms with Crippen molar-refractivity contribution < 1.29 is 13.2 Å². The van der Waals surface area contributed by atoms with Gasteiger partial charge in [-0.05, 0) is 49.9 Å². The maximum absolute atomic E-state index is 12.0. The van der Waals surface area contributed by atoms with E-state index in [0.717, 1.165) is 18.6 Å². The van der Waals surface area contributed by atoms with Gasteiger partial charge >= 0.3 is 0 Å². The zero-order chi connectivity index (χ0) is 19.7. The summed E-state index contributed by atoms with van der Waals surface area (Å²) in [5, 5.41) is 6.80. The van der Waals surface area contributed by atoms with Crippen molar-refractivity contribution in [3.8, 4) is 5.75 Å². The van der Waals surface area contributed by atoms with Crippen LogP contribution in [0.5, 0.6) is 5.75 Å². The monoisotopic (exact) mass is 544 g/mol. The van der Waals surface area contributed by atoms with Gasteiger partial charge in [-0.3, -0.25) is 4.99 Å². The van der Waals surface area contributed by atoms with Gasteiger partial charge in [0.05, 0.1) is 12.3 Å². The summed E-state index contributed by atoms with van der Waals surface area (Å²) in [6.07, 6.45) is 3.34. The third kappa shape index (κ3) is 9.62. The molecule has 0 heterocycles. The molecule has 0 aliphatic heterocycles. The minimum atomic E-state index is -3.26. The van der Waals surface area contributed by atoms with Crippen molar-refractivity contribution in [1.29, 1.82) is 0 Å². The quantitative estimate of drug-likeness (QED) is 0.239. The zero-order valence-corrected chi connectivity index (χ0v) is 20.2. The first-order chi connectivity index (χ1) is 12.9. The third-order valence-corrected chi connectivity index (χ3v) is 6.01. The number of rotatable bonds is 10. The zero-order valence-electron chi connectivity index (χ0n) is 16.3. The molecule has 10 heteroatoms. The highest BCUT2D eigenvalue weighted by Gasteiger charge is 2.20. The topological polar surface area (TPSA) is 91.8 Å². The van der Waals surface area contributed by atoms with Gasteiger partial charge in [-0.1, -0.05) is 18.0 Å². The molecule has 1 fully saturated rings. The summed E-state index contributed by atoms with van der Waals surface area (Å²) in [5.74, 6) is 1.79. The van der Waals surface area contributed by atoms with E-state index in [1.54, 1.807) is 19.2 Å². The average molecular weight is 545 g/mol. The summed E-state index contributed by atoms with van der Waals surface area (Å²) in [4.78, 5) is 4.10.